The molecule has 2 aliphatic rings. The first-order chi connectivity index (χ1) is 21.2. The quantitative estimate of drug-likeness (QED) is 0.201. The maximum Gasteiger partial charge on any atom is 0.416 e. The molecular formula is C32H29F6N3O3S. The minimum Gasteiger partial charge on any atom is -0.493 e. The predicted octanol–water partition coefficient (Wildman–Crippen LogP) is 7.72. The van der Waals surface area contributed by atoms with Crippen LogP contribution in [-0.4, -0.2) is 49.3 Å². The molecule has 3 aromatic rings. The molecule has 3 aromatic carbocycles. The van der Waals surface area contributed by atoms with Crippen molar-refractivity contribution < 1.29 is 40.6 Å². The molecule has 0 radical (unpaired) electrons. The van der Waals surface area contributed by atoms with Crippen LogP contribution in [0.1, 0.15) is 33.4 Å². The molecule has 5 rings (SSSR count). The third-order valence-electron chi connectivity index (χ3n) is 7.46. The van der Waals surface area contributed by atoms with Gasteiger partial charge in [0, 0.05) is 37.4 Å². The molecule has 0 spiro atoms. The number of nitrogens with zero attached hydrogens (tertiary/aromatic N) is 3. The highest BCUT2D eigenvalue weighted by Crippen LogP contribution is 2.39. The molecule has 0 atom stereocenters. The van der Waals surface area contributed by atoms with E-state index in [4.69, 9.17) is 9.47 Å². The van der Waals surface area contributed by atoms with Gasteiger partial charge >= 0.3 is 12.4 Å². The summed E-state index contributed by atoms with van der Waals surface area (Å²) in [6.07, 6.45) is -8.30. The van der Waals surface area contributed by atoms with Crippen LogP contribution >= 0.6 is 11.8 Å². The van der Waals surface area contributed by atoms with Gasteiger partial charge in [-0.3, -0.25) is 4.79 Å². The molecule has 45 heavy (non-hydrogen) atoms. The zero-order chi connectivity index (χ0) is 32.5. The summed E-state index contributed by atoms with van der Waals surface area (Å²) in [6.45, 7) is 6.49. The Morgan fingerprint density at radius 2 is 1.58 bits per heavy atom. The summed E-state index contributed by atoms with van der Waals surface area (Å²) in [5.41, 5.74) is 0.889. The summed E-state index contributed by atoms with van der Waals surface area (Å²) in [4.78, 5) is 21.8. The Morgan fingerprint density at radius 1 is 0.867 bits per heavy atom. The summed E-state index contributed by atoms with van der Waals surface area (Å²) < 4.78 is 90.5. The van der Waals surface area contributed by atoms with Crippen molar-refractivity contribution in [2.75, 3.05) is 38.2 Å². The van der Waals surface area contributed by atoms with Crippen LogP contribution in [0, 0.1) is 13.8 Å². The van der Waals surface area contributed by atoms with Gasteiger partial charge in [0.25, 0.3) is 5.91 Å². The van der Waals surface area contributed by atoms with E-state index in [1.807, 2.05) is 0 Å². The van der Waals surface area contributed by atoms with Crippen LogP contribution in [0.2, 0.25) is 0 Å². The largest absolute Gasteiger partial charge is 0.493 e. The number of halogens is 6. The number of piperazine rings is 1. The van der Waals surface area contributed by atoms with Gasteiger partial charge < -0.3 is 19.3 Å². The van der Waals surface area contributed by atoms with Gasteiger partial charge in [0.15, 0.2) is 16.7 Å². The molecule has 0 aliphatic carbocycles. The van der Waals surface area contributed by atoms with E-state index in [1.165, 1.54) is 41.8 Å². The lowest BCUT2D eigenvalue weighted by molar-refractivity contribution is -0.143. The number of anilines is 1. The third kappa shape index (κ3) is 7.41. The van der Waals surface area contributed by atoms with Crippen molar-refractivity contribution in [2.45, 2.75) is 32.8 Å². The van der Waals surface area contributed by atoms with Gasteiger partial charge in [-0.15, -0.1) is 0 Å². The molecule has 0 bridgehead atoms. The van der Waals surface area contributed by atoms with Crippen molar-refractivity contribution in [3.05, 3.63) is 92.9 Å². The number of alkyl halides is 6. The monoisotopic (exact) mass is 649 g/mol. The number of methoxy groups -OCH3 is 1. The van der Waals surface area contributed by atoms with Gasteiger partial charge in [-0.05, 0) is 73.1 Å². The molecule has 2 heterocycles. The smallest absolute Gasteiger partial charge is 0.416 e. The van der Waals surface area contributed by atoms with Crippen molar-refractivity contribution in [1.82, 2.24) is 4.90 Å². The second-order valence-electron chi connectivity index (χ2n) is 10.6. The minimum atomic E-state index is -5.01. The molecule has 0 N–H and O–H groups in total. The molecule has 238 valence electrons. The van der Waals surface area contributed by atoms with Crippen molar-refractivity contribution in [3.8, 4) is 11.5 Å². The Morgan fingerprint density at radius 3 is 2.22 bits per heavy atom. The second kappa shape index (κ2) is 12.7. The average Bonchev–Trinajstić information content (AvgIpc) is 3.35. The number of amidine groups is 1. The normalized spacial score (nSPS) is 16.8. The van der Waals surface area contributed by atoms with E-state index in [0.29, 0.717) is 34.8 Å². The third-order valence-corrected chi connectivity index (χ3v) is 8.51. The standard InChI is InChI=1S/C32H29F6N3O3S/c1-19-4-8-25(20(2)14-19)40-10-12-41(13-11-40)30-39-29(42)28(45-30)16-21-5-9-26(27(15-21)43-3)44-18-22-6-7-23(31(33,34)35)17-24(22)32(36,37)38/h4-9,14-17H,10-13,18H2,1-3H3/b28-16+. The maximum atomic E-state index is 13.5. The van der Waals surface area contributed by atoms with Crippen LogP contribution in [0.5, 0.6) is 11.5 Å². The summed E-state index contributed by atoms with van der Waals surface area (Å²) in [5, 5.41) is 0.621. The first kappa shape index (κ1) is 32.3. The fraction of sp³-hybridized carbons (Fsp3) is 0.312. The lowest BCUT2D eigenvalue weighted by Gasteiger charge is -2.37. The number of thioether (sulfide) groups is 1. The van der Waals surface area contributed by atoms with Crippen LogP contribution < -0.4 is 14.4 Å². The number of ether oxygens (including phenoxy) is 2. The molecule has 6 nitrogen and oxygen atoms in total. The van der Waals surface area contributed by atoms with Gasteiger partial charge in [-0.1, -0.05) is 29.8 Å². The number of benzene rings is 3. The van der Waals surface area contributed by atoms with Crippen molar-refractivity contribution in [1.29, 1.82) is 0 Å². The van der Waals surface area contributed by atoms with Gasteiger partial charge in [0.2, 0.25) is 0 Å². The van der Waals surface area contributed by atoms with E-state index >= 15 is 0 Å². The summed E-state index contributed by atoms with van der Waals surface area (Å²) in [6, 6.07) is 12.4. The average molecular weight is 650 g/mol. The summed E-state index contributed by atoms with van der Waals surface area (Å²) in [7, 11) is 1.34. The number of aliphatic imine (C=N–C) groups is 1. The zero-order valence-electron chi connectivity index (χ0n) is 24.6. The highest BCUT2D eigenvalue weighted by Gasteiger charge is 2.38. The van der Waals surface area contributed by atoms with Crippen molar-refractivity contribution in [3.63, 3.8) is 0 Å². The molecule has 1 amide bonds. The van der Waals surface area contributed by atoms with Gasteiger partial charge in [0.1, 0.15) is 6.61 Å². The molecule has 0 unspecified atom stereocenters. The predicted molar refractivity (Wildman–Crippen MR) is 161 cm³/mol. The number of hydrogen-bond donors (Lipinski definition) is 0. The maximum absolute atomic E-state index is 13.5. The lowest BCUT2D eigenvalue weighted by Crippen LogP contribution is -2.48. The fourth-order valence-corrected chi connectivity index (χ4v) is 6.14. The van der Waals surface area contributed by atoms with Gasteiger partial charge in [-0.25, -0.2) is 0 Å². The molecule has 0 aromatic heterocycles. The first-order valence-corrected chi connectivity index (χ1v) is 14.7. The topological polar surface area (TPSA) is 54.4 Å². The Labute approximate surface area is 260 Å². The SMILES string of the molecule is COc1cc(/C=C2/SC(N3CCN(c4ccc(C)cc4C)CC3)=NC2=O)ccc1OCc1ccc(C(F)(F)F)cc1C(F)(F)F. The highest BCUT2D eigenvalue weighted by molar-refractivity contribution is 8.18. The number of aryl methyl sites for hydroxylation is 2. The fourth-order valence-electron chi connectivity index (χ4n) is 5.17. The minimum absolute atomic E-state index is 0.0721. The Balaban J connectivity index is 1.24. The number of carbonyl (C=O) groups excluding carboxylic acids is 1. The second-order valence-corrected chi connectivity index (χ2v) is 11.6. The van der Waals surface area contributed by atoms with E-state index in [2.05, 4.69) is 46.8 Å². The van der Waals surface area contributed by atoms with E-state index in [1.54, 1.807) is 18.2 Å². The molecule has 1 saturated heterocycles. The number of hydrogen-bond acceptors (Lipinski definition) is 6. The number of amides is 1. The summed E-state index contributed by atoms with van der Waals surface area (Å²) in [5.74, 6) is -0.131. The van der Waals surface area contributed by atoms with Crippen LogP contribution in [0.3, 0.4) is 0 Å². The Bertz CT molecular complexity index is 1660. The zero-order valence-corrected chi connectivity index (χ0v) is 25.4. The lowest BCUT2D eigenvalue weighted by atomic mass is 10.0. The van der Waals surface area contributed by atoms with E-state index in [-0.39, 0.29) is 23.5 Å². The van der Waals surface area contributed by atoms with Crippen LogP contribution in [0.4, 0.5) is 32.0 Å². The molecular weight excluding hydrogens is 620 g/mol. The van der Waals surface area contributed by atoms with Gasteiger partial charge in [0.05, 0.1) is 23.1 Å². The van der Waals surface area contributed by atoms with E-state index in [9.17, 15) is 31.1 Å². The Kier molecular flexibility index (Phi) is 9.11. The molecule has 1 fully saturated rings. The van der Waals surface area contributed by atoms with E-state index < -0.39 is 35.6 Å². The molecule has 0 saturated carbocycles. The highest BCUT2D eigenvalue weighted by atomic mass is 32.2. The van der Waals surface area contributed by atoms with Crippen molar-refractivity contribution in [2.24, 2.45) is 4.99 Å². The number of carbonyl (C=O) groups is 1. The van der Waals surface area contributed by atoms with Gasteiger partial charge in [-0.2, -0.15) is 31.3 Å². The Hall–Kier alpha value is -4.13. The summed E-state index contributed by atoms with van der Waals surface area (Å²) >= 11 is 1.26. The van der Waals surface area contributed by atoms with Crippen LogP contribution in [-0.2, 0) is 23.8 Å². The number of rotatable bonds is 6. The van der Waals surface area contributed by atoms with E-state index in [0.717, 1.165) is 19.2 Å². The van der Waals surface area contributed by atoms with Crippen molar-refractivity contribution >= 4 is 34.6 Å². The van der Waals surface area contributed by atoms with Crippen LogP contribution in [0.15, 0.2) is 64.5 Å². The molecule has 13 heteroatoms. The van der Waals surface area contributed by atoms with Crippen LogP contribution in [0.25, 0.3) is 6.08 Å². The first-order valence-electron chi connectivity index (χ1n) is 13.9. The molecule has 2 aliphatic heterocycles.